The van der Waals surface area contributed by atoms with E-state index in [1.807, 2.05) is 0 Å². The van der Waals surface area contributed by atoms with Gasteiger partial charge in [0.2, 0.25) is 0 Å². The molecule has 0 radical (unpaired) electrons. The van der Waals surface area contributed by atoms with Crippen LogP contribution in [0.4, 0.5) is 10.5 Å². The first-order valence-corrected chi connectivity index (χ1v) is 6.32. The zero-order valence-corrected chi connectivity index (χ0v) is 10.9. The van der Waals surface area contributed by atoms with Gasteiger partial charge >= 0.3 is 5.30 Å². The Morgan fingerprint density at radius 1 is 1.25 bits per heavy atom. The van der Waals surface area contributed by atoms with E-state index in [1.54, 1.807) is 6.07 Å². The number of rotatable bonds is 4. The average Bonchev–Trinajstić information content (AvgIpc) is 2.46. The first kappa shape index (κ1) is 13.9. The molecular weight excluding hydrogens is 282 g/mol. The number of hydrogen-bond acceptors (Lipinski definition) is 7. The summed E-state index contributed by atoms with van der Waals surface area (Å²) in [4.78, 5) is 29.3. The van der Waals surface area contributed by atoms with Crippen molar-refractivity contribution in [1.82, 2.24) is 9.97 Å². The van der Waals surface area contributed by atoms with Crippen molar-refractivity contribution < 1.29 is 14.5 Å². The number of nitrogens with zero attached hydrogens (tertiary/aromatic N) is 3. The second-order valence-corrected chi connectivity index (χ2v) is 4.50. The summed E-state index contributed by atoms with van der Waals surface area (Å²) in [5, 5.41) is 10.3. The molecule has 0 bridgehead atoms. The van der Waals surface area contributed by atoms with E-state index in [0.29, 0.717) is 10.7 Å². The Hall–Kier alpha value is -2.48. The van der Waals surface area contributed by atoms with E-state index in [2.05, 4.69) is 9.97 Å². The predicted octanol–water partition coefficient (Wildman–Crippen LogP) is 2.81. The lowest BCUT2D eigenvalue weighted by Gasteiger charge is -2.03. The summed E-state index contributed by atoms with van der Waals surface area (Å²) in [6.07, 6.45) is 3.05. The number of aromatic nitrogens is 2. The fourth-order valence-corrected chi connectivity index (χ4v) is 1.79. The number of non-ortho nitro benzene ring substituents is 1. The Balaban J connectivity index is 1.85. The predicted molar refractivity (Wildman–Crippen MR) is 71.2 cm³/mol. The number of nitro benzene ring substituents is 1. The summed E-state index contributed by atoms with van der Waals surface area (Å²) in [6, 6.07) is 7.43. The normalized spacial score (nSPS) is 10.0. The minimum absolute atomic E-state index is 0.00728. The molecule has 0 spiro atoms. The molecule has 2 rings (SSSR count). The van der Waals surface area contributed by atoms with Gasteiger partial charge in [-0.25, -0.2) is 14.8 Å². The second kappa shape index (κ2) is 6.62. The Bertz CT molecular complexity index is 604. The molecule has 0 saturated heterocycles. The molecule has 0 saturated carbocycles. The maximum absolute atomic E-state index is 11.5. The van der Waals surface area contributed by atoms with Crippen molar-refractivity contribution in [3.8, 4) is 0 Å². The van der Waals surface area contributed by atoms with E-state index in [0.717, 1.165) is 11.8 Å². The molecule has 1 aromatic heterocycles. The van der Waals surface area contributed by atoms with Gasteiger partial charge in [0.25, 0.3) is 5.69 Å². The van der Waals surface area contributed by atoms with Crippen molar-refractivity contribution >= 4 is 22.8 Å². The Kier molecular flexibility index (Phi) is 4.61. The highest BCUT2D eigenvalue weighted by Crippen LogP contribution is 2.17. The molecule has 0 aliphatic carbocycles. The van der Waals surface area contributed by atoms with E-state index >= 15 is 0 Å². The van der Waals surface area contributed by atoms with Crippen LogP contribution in [0.3, 0.4) is 0 Å². The van der Waals surface area contributed by atoms with Crippen LogP contribution < -0.4 is 0 Å². The summed E-state index contributed by atoms with van der Waals surface area (Å²) < 4.78 is 5.01. The van der Waals surface area contributed by atoms with Crippen LogP contribution >= 0.6 is 11.8 Å². The van der Waals surface area contributed by atoms with Crippen molar-refractivity contribution in [3.63, 3.8) is 0 Å². The molecule has 8 heteroatoms. The lowest BCUT2D eigenvalue weighted by Crippen LogP contribution is -1.99. The van der Waals surface area contributed by atoms with Crippen LogP contribution in [0.1, 0.15) is 5.56 Å². The second-order valence-electron chi connectivity index (χ2n) is 3.60. The van der Waals surface area contributed by atoms with Gasteiger partial charge in [-0.2, -0.15) is 0 Å². The molecular formula is C12H9N3O4S. The van der Waals surface area contributed by atoms with Gasteiger partial charge in [0.1, 0.15) is 6.61 Å². The van der Waals surface area contributed by atoms with E-state index in [1.165, 1.54) is 36.7 Å². The summed E-state index contributed by atoms with van der Waals surface area (Å²) in [7, 11) is 0. The van der Waals surface area contributed by atoms with E-state index in [-0.39, 0.29) is 12.3 Å². The van der Waals surface area contributed by atoms with Gasteiger partial charge in [0.15, 0.2) is 5.16 Å². The standard InChI is InChI=1S/C12H9N3O4S/c16-12(20-11-13-6-1-7-14-11)19-8-9-2-4-10(5-3-9)15(17)18/h1-7H,8H2. The molecule has 20 heavy (non-hydrogen) atoms. The van der Waals surface area contributed by atoms with Gasteiger partial charge in [0, 0.05) is 36.3 Å². The first-order chi connectivity index (χ1) is 9.65. The molecule has 0 N–H and O–H groups in total. The fraction of sp³-hybridized carbons (Fsp3) is 0.0833. The highest BCUT2D eigenvalue weighted by atomic mass is 32.2. The number of benzene rings is 1. The Morgan fingerprint density at radius 2 is 1.90 bits per heavy atom. The van der Waals surface area contributed by atoms with Crippen LogP contribution in [0.2, 0.25) is 0 Å². The third kappa shape index (κ3) is 4.02. The first-order valence-electron chi connectivity index (χ1n) is 5.50. The molecule has 102 valence electrons. The third-order valence-electron chi connectivity index (χ3n) is 2.22. The summed E-state index contributed by atoms with van der Waals surface area (Å²) >= 11 is 0.779. The third-order valence-corrected chi connectivity index (χ3v) is 2.90. The van der Waals surface area contributed by atoms with Crippen LogP contribution in [-0.2, 0) is 11.3 Å². The van der Waals surface area contributed by atoms with Gasteiger partial charge in [-0.05, 0) is 23.8 Å². The maximum atomic E-state index is 11.5. The molecule has 1 aromatic carbocycles. The van der Waals surface area contributed by atoms with Crippen LogP contribution in [0.25, 0.3) is 0 Å². The Labute approximate surface area is 118 Å². The topological polar surface area (TPSA) is 95.2 Å². The number of thioether (sulfide) groups is 1. The molecule has 2 aromatic rings. The van der Waals surface area contributed by atoms with Gasteiger partial charge in [-0.1, -0.05) is 0 Å². The van der Waals surface area contributed by atoms with Crippen molar-refractivity contribution in [2.24, 2.45) is 0 Å². The highest BCUT2D eigenvalue weighted by molar-refractivity contribution is 8.13. The summed E-state index contributed by atoms with van der Waals surface area (Å²) in [5.74, 6) is 0. The average molecular weight is 291 g/mol. The van der Waals surface area contributed by atoms with Crippen LogP contribution in [-0.4, -0.2) is 20.2 Å². The van der Waals surface area contributed by atoms with Gasteiger partial charge in [-0.15, -0.1) is 0 Å². The molecule has 1 heterocycles. The SMILES string of the molecule is O=C(OCc1ccc([N+](=O)[O-])cc1)Sc1ncccn1. The molecule has 0 fully saturated rings. The molecule has 0 amide bonds. The molecule has 0 aliphatic heterocycles. The monoisotopic (exact) mass is 291 g/mol. The zero-order chi connectivity index (χ0) is 14.4. The zero-order valence-electron chi connectivity index (χ0n) is 10.1. The largest absolute Gasteiger partial charge is 0.452 e. The van der Waals surface area contributed by atoms with Crippen molar-refractivity contribution in [2.45, 2.75) is 11.8 Å². The number of nitro groups is 1. The summed E-state index contributed by atoms with van der Waals surface area (Å²) in [5.41, 5.74) is 0.658. The molecule has 0 aliphatic rings. The Morgan fingerprint density at radius 3 is 2.50 bits per heavy atom. The van der Waals surface area contributed by atoms with Crippen molar-refractivity contribution in [1.29, 1.82) is 0 Å². The molecule has 0 unspecified atom stereocenters. The lowest BCUT2D eigenvalue weighted by molar-refractivity contribution is -0.384. The van der Waals surface area contributed by atoms with Crippen LogP contribution in [0, 0.1) is 10.1 Å². The minimum Gasteiger partial charge on any atom is -0.452 e. The molecule has 0 atom stereocenters. The minimum atomic E-state index is -0.533. The van der Waals surface area contributed by atoms with Crippen molar-refractivity contribution in [2.75, 3.05) is 0 Å². The smallest absolute Gasteiger partial charge is 0.375 e. The number of ether oxygens (including phenoxy) is 1. The van der Waals surface area contributed by atoms with Crippen LogP contribution in [0.15, 0.2) is 47.9 Å². The lowest BCUT2D eigenvalue weighted by atomic mass is 10.2. The number of carbonyl (C=O) groups is 1. The quantitative estimate of drug-likeness (QED) is 0.281. The van der Waals surface area contributed by atoms with Gasteiger partial charge in [0.05, 0.1) is 4.92 Å². The number of hydrogen-bond donors (Lipinski definition) is 0. The van der Waals surface area contributed by atoms with Gasteiger partial charge < -0.3 is 4.74 Å². The van der Waals surface area contributed by atoms with Crippen molar-refractivity contribution in [3.05, 3.63) is 58.4 Å². The van der Waals surface area contributed by atoms with E-state index in [4.69, 9.17) is 4.74 Å². The van der Waals surface area contributed by atoms with Gasteiger partial charge in [-0.3, -0.25) is 10.1 Å². The van der Waals surface area contributed by atoms with E-state index < -0.39 is 10.2 Å². The summed E-state index contributed by atoms with van der Waals surface area (Å²) in [6.45, 7) is 0.0384. The van der Waals surface area contributed by atoms with Crippen LogP contribution in [0.5, 0.6) is 0 Å². The maximum Gasteiger partial charge on any atom is 0.375 e. The van der Waals surface area contributed by atoms with E-state index in [9.17, 15) is 14.9 Å². The fourth-order valence-electron chi connectivity index (χ4n) is 1.30. The highest BCUT2D eigenvalue weighted by Gasteiger charge is 2.09. The number of carbonyl (C=O) groups excluding carboxylic acids is 1. The molecule has 7 nitrogen and oxygen atoms in total.